The molecule has 5 N–H and O–H groups in total. The molecule has 0 radical (unpaired) electrons. The number of hydrogen-bond acceptors (Lipinski definition) is 12. The van der Waals surface area contributed by atoms with Gasteiger partial charge in [0, 0.05) is 68.9 Å². The van der Waals surface area contributed by atoms with Gasteiger partial charge >= 0.3 is 0 Å². The minimum Gasteiger partial charge on any atom is -0.508 e. The summed E-state index contributed by atoms with van der Waals surface area (Å²) in [6.45, 7) is 56.1. The minimum absolute atomic E-state index is 0.0940. The second kappa shape index (κ2) is 62.3. The van der Waals surface area contributed by atoms with Crippen molar-refractivity contribution in [2.24, 2.45) is 0 Å². The van der Waals surface area contributed by atoms with Gasteiger partial charge in [-0.3, -0.25) is 38.4 Å². The number of para-hydroxylation sites is 8. The third-order valence-electron chi connectivity index (χ3n) is 20.0. The second-order valence-electron chi connectivity index (χ2n) is 26.1. The molecule has 6 amide bonds. The Morgan fingerprint density at radius 1 is 0.292 bits per heavy atom. The summed E-state index contributed by atoms with van der Waals surface area (Å²) in [5, 5.41) is 43.0. The summed E-state index contributed by atoms with van der Waals surface area (Å²) in [5.74, 6) is -2.19. The number of aromatic hydroxyl groups is 2. The molecular weight excluding hydrogens is 1620 g/mol. The fourth-order valence-electron chi connectivity index (χ4n) is 14.4. The summed E-state index contributed by atoms with van der Waals surface area (Å²) in [6.07, 6.45) is 0.776. The normalized spacial score (nSPS) is 15.7. The largest absolute Gasteiger partial charge is 0.508 e. The fourth-order valence-corrected chi connectivity index (χ4v) is 14.4. The average Bonchev–Trinajstić information content (AvgIpc) is 1.57. The van der Waals surface area contributed by atoms with Gasteiger partial charge in [0.15, 0.2) is 11.2 Å². The third kappa shape index (κ3) is 27.3. The number of Topliss-reactive ketones (excluding diaryl/α,β-unsaturated/α-hetero) is 2. The summed E-state index contributed by atoms with van der Waals surface area (Å²) in [5.41, 5.74) is 11.6. The Morgan fingerprint density at radius 3 is 1.02 bits per heavy atom. The number of nitrogens with zero attached hydrogens (tertiary/aromatic N) is 5. The van der Waals surface area contributed by atoms with Gasteiger partial charge in [0.05, 0.1) is 39.8 Å². The van der Waals surface area contributed by atoms with Crippen molar-refractivity contribution in [3.8, 4) is 11.5 Å². The number of fused-ring (bicyclic) bond motifs is 6. The monoisotopic (exact) mass is 1770 g/mol. The molecular formula is C112H152N6O12. The molecule has 0 bridgehead atoms. The predicted octanol–water partition coefficient (Wildman–Crippen LogP) is 26.0. The van der Waals surface area contributed by atoms with Crippen LogP contribution in [0.4, 0.5) is 34.1 Å². The molecule has 11 aromatic rings. The number of carbonyl (C=O) groups is 8. The van der Waals surface area contributed by atoms with Gasteiger partial charge in [-0.05, 0) is 133 Å². The van der Waals surface area contributed by atoms with Crippen LogP contribution in [0, 0.1) is 20.8 Å². The lowest BCUT2D eigenvalue weighted by Crippen LogP contribution is -2.39. The highest BCUT2D eigenvalue weighted by Gasteiger charge is 2.53. The van der Waals surface area contributed by atoms with Crippen molar-refractivity contribution in [3.63, 3.8) is 0 Å². The first kappa shape index (κ1) is 119. The molecule has 18 nitrogen and oxygen atoms in total. The number of rotatable bonds is 5. The molecule has 17 rings (SSSR count). The topological polar surface area (TPSA) is 246 Å². The number of phenolic OH excluding ortho intramolecular Hbond substituents is 2. The van der Waals surface area contributed by atoms with Crippen LogP contribution in [-0.2, 0) is 45.4 Å². The molecule has 6 aliphatic rings. The van der Waals surface area contributed by atoms with E-state index in [1.54, 1.807) is 146 Å². The molecule has 0 saturated carbocycles. The maximum absolute atomic E-state index is 13.0. The van der Waals surface area contributed by atoms with E-state index < -0.39 is 45.9 Å². The van der Waals surface area contributed by atoms with E-state index in [1.165, 1.54) is 31.9 Å². The van der Waals surface area contributed by atoms with Crippen molar-refractivity contribution >= 4 is 81.1 Å². The third-order valence-corrected chi connectivity index (χ3v) is 20.0. The van der Waals surface area contributed by atoms with Crippen molar-refractivity contribution < 1.29 is 58.8 Å². The summed E-state index contributed by atoms with van der Waals surface area (Å²) in [4.78, 5) is 102. The molecule has 0 aromatic heterocycles. The molecule has 6 heterocycles. The zero-order chi connectivity index (χ0) is 99.9. The molecule has 130 heavy (non-hydrogen) atoms. The predicted molar refractivity (Wildman–Crippen MR) is 548 cm³/mol. The summed E-state index contributed by atoms with van der Waals surface area (Å²) in [7, 11) is 8.62. The van der Waals surface area contributed by atoms with Gasteiger partial charge in [-0.15, -0.1) is 0 Å². The van der Waals surface area contributed by atoms with E-state index in [1.807, 2.05) is 315 Å². The highest BCUT2D eigenvalue weighted by Crippen LogP contribution is 2.50. The van der Waals surface area contributed by atoms with E-state index >= 15 is 0 Å². The summed E-state index contributed by atoms with van der Waals surface area (Å²) >= 11 is 0. The zero-order valence-electron chi connectivity index (χ0n) is 84.1. The maximum Gasteiger partial charge on any atom is 0.299 e. The SMILES string of the molecule is CC.CC.CC.CC.CC.CC.CC.CC.CC.CC.CC.CC.CC[C@]1(c2ccccc2C)C(=O)N(C)c2ccccc21.CN1C(=O)C(=O)c2ccccc21.CN1C(=O)C(O)(c2ccccc2O)c2ccccc21.Cc1ccccc1C1(O)C(=O)N(C)c2ccccc21.Cc1ccccc1C1C(=O)N(C)c2ccccc21.O=C1Nc2ccccc2C1=O.Oc1ccccc1. The van der Waals surface area contributed by atoms with Crippen LogP contribution >= 0.6 is 0 Å². The lowest BCUT2D eigenvalue weighted by molar-refractivity contribution is -0.132. The van der Waals surface area contributed by atoms with Gasteiger partial charge < -0.3 is 50.2 Å². The standard InChI is InChI=1S/C18H19NO.C16H15NO2.C16H15NO.C15H13NO3.C9H7NO2.C8H5NO2.C6H6O.12C2H6/c1-4-18(14-10-6-5-9-13(14)2)15-11-7-8-12-16(15)19(3)17(18)20;1-11-7-3-4-8-12(11)16(19)13-9-5-6-10-14(13)17(2)15(16)18;1-11-7-3-4-8-12(11)15-13-9-5-6-10-14(13)17(2)16(15)18;1-16-12-8-4-2-6-10(12)15(19,14(16)18)11-7-3-5-9-13(11)17;1-10-7-5-3-2-4-6(7)8(11)9(10)12;10-7-5-3-1-2-4-6(5)9-8(7)11;7-6-4-2-1-3-5-6;12*1-2/h5-12H,4H2,1-3H3;3-10,19H,1-2H3;3-10,15H,1-2H3;2-9,17,19H,1H3;2-5H,1H3;1-4H,(H,9,10,11);1-5,7H;12*1-2H3/t18-;;;;;;;;;;;;;;;;;;/m1................../s1. The molecule has 18 heteroatoms. The zero-order valence-corrected chi connectivity index (χ0v) is 84.1. The van der Waals surface area contributed by atoms with Gasteiger partial charge in [-0.25, -0.2) is 0 Å². The number of carbonyl (C=O) groups excluding carboxylic acids is 8. The first-order valence-electron chi connectivity index (χ1n) is 46.4. The van der Waals surface area contributed by atoms with Gasteiger partial charge in [-0.1, -0.05) is 379 Å². The van der Waals surface area contributed by atoms with E-state index in [2.05, 4.69) is 50.4 Å². The van der Waals surface area contributed by atoms with Gasteiger partial charge in [0.2, 0.25) is 11.8 Å². The number of likely N-dealkylation sites (N-methyl/N-ethyl adjacent to an activating group) is 5. The fraction of sp³-hybridized carbons (Fsp3) is 0.339. The van der Waals surface area contributed by atoms with Gasteiger partial charge in [0.25, 0.3) is 35.2 Å². The van der Waals surface area contributed by atoms with Crippen LogP contribution in [0.15, 0.2) is 273 Å². The molecule has 0 aliphatic carbocycles. The van der Waals surface area contributed by atoms with Crippen LogP contribution in [0.3, 0.4) is 0 Å². The van der Waals surface area contributed by atoms with Crippen LogP contribution in [0.5, 0.6) is 11.5 Å². The Balaban J connectivity index is 0. The van der Waals surface area contributed by atoms with E-state index in [-0.39, 0.29) is 35.0 Å². The lowest BCUT2D eigenvalue weighted by atomic mass is 9.72. The van der Waals surface area contributed by atoms with Crippen molar-refractivity contribution in [3.05, 3.63) is 345 Å². The van der Waals surface area contributed by atoms with Crippen LogP contribution in [0.1, 0.15) is 267 Å². The first-order valence-corrected chi connectivity index (χ1v) is 46.4. The van der Waals surface area contributed by atoms with Gasteiger partial charge in [0.1, 0.15) is 16.9 Å². The Labute approximate surface area is 780 Å². The number of hydrogen-bond donors (Lipinski definition) is 5. The number of aryl methyl sites for hydroxylation is 3. The lowest BCUT2D eigenvalue weighted by Gasteiger charge is -2.29. The molecule has 11 aromatic carbocycles. The highest BCUT2D eigenvalue weighted by atomic mass is 16.3. The number of aliphatic hydroxyl groups is 2. The Hall–Kier alpha value is -12.9. The second-order valence-corrected chi connectivity index (χ2v) is 26.1. The number of amides is 6. The highest BCUT2D eigenvalue weighted by molar-refractivity contribution is 6.52. The number of phenols is 2. The number of anilines is 6. The molecule has 3 unspecified atom stereocenters. The first-order chi connectivity index (χ1) is 62.8. The van der Waals surface area contributed by atoms with Crippen molar-refractivity contribution in [2.45, 2.75) is 223 Å². The maximum atomic E-state index is 13.0. The van der Waals surface area contributed by atoms with Gasteiger partial charge in [-0.2, -0.15) is 0 Å². The van der Waals surface area contributed by atoms with E-state index in [0.29, 0.717) is 50.6 Å². The van der Waals surface area contributed by atoms with Crippen LogP contribution < -0.4 is 29.8 Å². The molecule has 0 spiro atoms. The van der Waals surface area contributed by atoms with Crippen molar-refractivity contribution in [1.29, 1.82) is 0 Å². The van der Waals surface area contributed by atoms with Crippen LogP contribution in [-0.4, -0.2) is 103 Å². The molecule has 702 valence electrons. The number of benzene rings is 11. The Morgan fingerprint density at radius 2 is 0.615 bits per heavy atom. The average molecular weight is 1770 g/mol. The molecule has 0 saturated heterocycles. The van der Waals surface area contributed by atoms with E-state index in [4.69, 9.17) is 5.11 Å². The quantitative estimate of drug-likeness (QED) is 0.101. The van der Waals surface area contributed by atoms with E-state index in [0.717, 1.165) is 51.3 Å². The summed E-state index contributed by atoms with van der Waals surface area (Å²) in [6, 6.07) is 83.3. The van der Waals surface area contributed by atoms with E-state index in [9.17, 15) is 53.7 Å². The molecule has 0 fully saturated rings. The van der Waals surface area contributed by atoms with Crippen LogP contribution in [0.2, 0.25) is 0 Å². The van der Waals surface area contributed by atoms with Crippen molar-refractivity contribution in [2.75, 3.05) is 65.1 Å². The van der Waals surface area contributed by atoms with Crippen LogP contribution in [0.25, 0.3) is 0 Å². The minimum atomic E-state index is -1.82. The number of ketones is 2. The number of nitrogens with one attached hydrogen (secondary N) is 1. The molecule has 6 aliphatic heterocycles. The summed E-state index contributed by atoms with van der Waals surface area (Å²) < 4.78 is 0. The molecule has 4 atom stereocenters. The Kier molecular flexibility index (Phi) is 57.1. The Bertz CT molecular complexity index is 5120. The van der Waals surface area contributed by atoms with Crippen molar-refractivity contribution in [1.82, 2.24) is 0 Å². The smallest absolute Gasteiger partial charge is 0.299 e.